The number of benzene rings is 1. The molecule has 0 aromatic heterocycles. The molecule has 0 bridgehead atoms. The first-order valence-corrected chi connectivity index (χ1v) is 4.64. The van der Waals surface area contributed by atoms with E-state index in [4.69, 9.17) is 10.5 Å². The number of nitrogen functional groups attached to an aromatic ring is 1. The third-order valence-corrected chi connectivity index (χ3v) is 2.46. The smallest absolute Gasteiger partial charge is 0.143 e. The van der Waals surface area contributed by atoms with Crippen LogP contribution >= 0.6 is 15.9 Å². The van der Waals surface area contributed by atoms with Gasteiger partial charge >= 0.3 is 0 Å². The number of hydrogen-bond donors (Lipinski definition) is 1. The SMILES string of the molecule is C=C(C)c1cc(Br)c(N)c(OC)c1. The summed E-state index contributed by atoms with van der Waals surface area (Å²) in [5, 5.41) is 0. The van der Waals surface area contributed by atoms with E-state index >= 15 is 0 Å². The second kappa shape index (κ2) is 3.83. The predicted octanol–water partition coefficient (Wildman–Crippen LogP) is 3.07. The van der Waals surface area contributed by atoms with Gasteiger partial charge in [0.05, 0.1) is 12.8 Å². The van der Waals surface area contributed by atoms with Crippen LogP contribution in [0.15, 0.2) is 23.2 Å². The molecule has 0 spiro atoms. The molecule has 0 heterocycles. The fourth-order valence-corrected chi connectivity index (χ4v) is 1.45. The van der Waals surface area contributed by atoms with Crippen molar-refractivity contribution in [3.63, 3.8) is 0 Å². The van der Waals surface area contributed by atoms with E-state index in [-0.39, 0.29) is 0 Å². The third-order valence-electron chi connectivity index (χ3n) is 1.80. The van der Waals surface area contributed by atoms with Crippen LogP contribution < -0.4 is 10.5 Å². The topological polar surface area (TPSA) is 35.2 Å². The summed E-state index contributed by atoms with van der Waals surface area (Å²) < 4.78 is 5.96. The molecule has 0 saturated carbocycles. The second-order valence-electron chi connectivity index (χ2n) is 2.85. The second-order valence-corrected chi connectivity index (χ2v) is 3.71. The van der Waals surface area contributed by atoms with Crippen molar-refractivity contribution in [1.82, 2.24) is 0 Å². The van der Waals surface area contributed by atoms with Gasteiger partial charge in [-0.2, -0.15) is 0 Å². The minimum atomic E-state index is 0.618. The summed E-state index contributed by atoms with van der Waals surface area (Å²) in [7, 11) is 1.60. The summed E-state index contributed by atoms with van der Waals surface area (Å²) in [5.41, 5.74) is 8.39. The molecule has 2 N–H and O–H groups in total. The van der Waals surface area contributed by atoms with Crippen molar-refractivity contribution in [3.05, 3.63) is 28.7 Å². The molecular formula is C10H12BrNO. The first-order chi connectivity index (χ1) is 6.06. The fraction of sp³-hybridized carbons (Fsp3) is 0.200. The predicted molar refractivity (Wildman–Crippen MR) is 59.8 cm³/mol. The maximum Gasteiger partial charge on any atom is 0.143 e. The molecule has 2 nitrogen and oxygen atoms in total. The van der Waals surface area contributed by atoms with Gasteiger partial charge in [-0.1, -0.05) is 12.2 Å². The van der Waals surface area contributed by atoms with Gasteiger partial charge < -0.3 is 10.5 Å². The van der Waals surface area contributed by atoms with Crippen molar-refractivity contribution in [2.24, 2.45) is 0 Å². The molecule has 0 unspecified atom stereocenters. The summed E-state index contributed by atoms with van der Waals surface area (Å²) in [6.45, 7) is 5.80. The number of nitrogens with two attached hydrogens (primary N) is 1. The van der Waals surface area contributed by atoms with Gasteiger partial charge in [0.2, 0.25) is 0 Å². The molecule has 1 rings (SSSR count). The molecular weight excluding hydrogens is 230 g/mol. The van der Waals surface area contributed by atoms with Crippen molar-refractivity contribution in [1.29, 1.82) is 0 Å². The quantitative estimate of drug-likeness (QED) is 0.809. The maximum absolute atomic E-state index is 5.76. The van der Waals surface area contributed by atoms with Gasteiger partial charge in [-0.15, -0.1) is 0 Å². The molecule has 0 atom stereocenters. The number of methoxy groups -OCH3 is 1. The average Bonchev–Trinajstić information content (AvgIpc) is 2.09. The number of anilines is 1. The highest BCUT2D eigenvalue weighted by atomic mass is 79.9. The zero-order chi connectivity index (χ0) is 10.0. The summed E-state index contributed by atoms with van der Waals surface area (Å²) >= 11 is 3.36. The Balaban J connectivity index is 3.30. The fourth-order valence-electron chi connectivity index (χ4n) is 1.01. The van der Waals surface area contributed by atoms with Crippen LogP contribution in [0.1, 0.15) is 12.5 Å². The van der Waals surface area contributed by atoms with Crippen LogP contribution in [-0.2, 0) is 0 Å². The monoisotopic (exact) mass is 241 g/mol. The van der Waals surface area contributed by atoms with Gasteiger partial charge in [0.1, 0.15) is 5.75 Å². The lowest BCUT2D eigenvalue weighted by molar-refractivity contribution is 0.416. The number of halogens is 1. The van der Waals surface area contributed by atoms with Gasteiger partial charge in [0.15, 0.2) is 0 Å². The zero-order valence-corrected chi connectivity index (χ0v) is 9.31. The molecule has 0 amide bonds. The number of rotatable bonds is 2. The van der Waals surface area contributed by atoms with E-state index in [2.05, 4.69) is 22.5 Å². The molecule has 0 fully saturated rings. The van der Waals surface area contributed by atoms with Crippen LogP contribution in [0.5, 0.6) is 5.75 Å². The number of allylic oxidation sites excluding steroid dienone is 1. The van der Waals surface area contributed by atoms with E-state index in [0.29, 0.717) is 11.4 Å². The first-order valence-electron chi connectivity index (χ1n) is 3.85. The van der Waals surface area contributed by atoms with E-state index < -0.39 is 0 Å². The Bertz CT molecular complexity index is 347. The molecule has 0 aliphatic carbocycles. The standard InChI is InChI=1S/C10H12BrNO/c1-6(2)7-4-8(11)10(12)9(5-7)13-3/h4-5H,1,12H2,2-3H3. The largest absolute Gasteiger partial charge is 0.495 e. The maximum atomic E-state index is 5.76. The van der Waals surface area contributed by atoms with E-state index in [1.165, 1.54) is 0 Å². The Kier molecular flexibility index (Phi) is 2.98. The Morgan fingerprint density at radius 1 is 1.54 bits per heavy atom. The van der Waals surface area contributed by atoms with Gasteiger partial charge in [-0.05, 0) is 40.5 Å². The lowest BCUT2D eigenvalue weighted by Crippen LogP contribution is -1.94. The third kappa shape index (κ3) is 2.04. The van der Waals surface area contributed by atoms with E-state index in [0.717, 1.165) is 15.6 Å². The Morgan fingerprint density at radius 3 is 2.62 bits per heavy atom. The van der Waals surface area contributed by atoms with Crippen LogP contribution in [0.25, 0.3) is 5.57 Å². The lowest BCUT2D eigenvalue weighted by atomic mass is 10.1. The van der Waals surface area contributed by atoms with Gasteiger partial charge in [-0.3, -0.25) is 0 Å². The van der Waals surface area contributed by atoms with Crippen LogP contribution in [-0.4, -0.2) is 7.11 Å². The van der Waals surface area contributed by atoms with Crippen molar-refractivity contribution in [3.8, 4) is 5.75 Å². The van der Waals surface area contributed by atoms with Crippen molar-refractivity contribution in [2.75, 3.05) is 12.8 Å². The first kappa shape index (κ1) is 10.1. The molecule has 0 aliphatic rings. The normalized spacial score (nSPS) is 9.77. The Labute approximate surface area is 86.5 Å². The number of ether oxygens (including phenoxy) is 1. The van der Waals surface area contributed by atoms with Gasteiger partial charge in [0.25, 0.3) is 0 Å². The molecule has 0 aliphatic heterocycles. The summed E-state index contributed by atoms with van der Waals surface area (Å²) in [4.78, 5) is 0. The summed E-state index contributed by atoms with van der Waals surface area (Å²) in [5.74, 6) is 0.673. The van der Waals surface area contributed by atoms with E-state index in [9.17, 15) is 0 Å². The number of hydrogen-bond acceptors (Lipinski definition) is 2. The highest BCUT2D eigenvalue weighted by Crippen LogP contribution is 2.33. The minimum Gasteiger partial charge on any atom is -0.495 e. The van der Waals surface area contributed by atoms with E-state index in [1.54, 1.807) is 7.11 Å². The molecule has 3 heteroatoms. The Morgan fingerprint density at radius 2 is 2.15 bits per heavy atom. The molecule has 0 saturated heterocycles. The van der Waals surface area contributed by atoms with Crippen LogP contribution in [0.2, 0.25) is 0 Å². The van der Waals surface area contributed by atoms with Crippen LogP contribution in [0.4, 0.5) is 5.69 Å². The molecule has 0 radical (unpaired) electrons. The summed E-state index contributed by atoms with van der Waals surface area (Å²) in [6.07, 6.45) is 0. The Hall–Kier alpha value is -0.960. The van der Waals surface area contributed by atoms with E-state index in [1.807, 2.05) is 19.1 Å². The van der Waals surface area contributed by atoms with Crippen molar-refractivity contribution >= 4 is 27.2 Å². The highest BCUT2D eigenvalue weighted by Gasteiger charge is 2.06. The van der Waals surface area contributed by atoms with Crippen LogP contribution in [0.3, 0.4) is 0 Å². The van der Waals surface area contributed by atoms with Gasteiger partial charge in [0, 0.05) is 4.47 Å². The van der Waals surface area contributed by atoms with Crippen LogP contribution in [0, 0.1) is 0 Å². The minimum absolute atomic E-state index is 0.618. The molecule has 1 aromatic carbocycles. The van der Waals surface area contributed by atoms with Crippen molar-refractivity contribution < 1.29 is 4.74 Å². The van der Waals surface area contributed by atoms with Crippen molar-refractivity contribution in [2.45, 2.75) is 6.92 Å². The molecule has 13 heavy (non-hydrogen) atoms. The molecule has 70 valence electrons. The lowest BCUT2D eigenvalue weighted by Gasteiger charge is -2.09. The summed E-state index contributed by atoms with van der Waals surface area (Å²) in [6, 6.07) is 3.81. The average molecular weight is 242 g/mol. The van der Waals surface area contributed by atoms with Gasteiger partial charge in [-0.25, -0.2) is 0 Å². The molecule has 1 aromatic rings. The zero-order valence-electron chi connectivity index (χ0n) is 7.73. The highest BCUT2D eigenvalue weighted by molar-refractivity contribution is 9.10.